The van der Waals surface area contributed by atoms with Crippen LogP contribution in [0.5, 0.6) is 0 Å². The fourth-order valence-electron chi connectivity index (χ4n) is 1.29. The number of nitrogens with zero attached hydrogens (tertiary/aromatic N) is 1. The fourth-order valence-corrected chi connectivity index (χ4v) is 2.04. The molecular weight excluding hydrogens is 348 g/mol. The van der Waals surface area contributed by atoms with E-state index in [-0.39, 0.29) is 5.91 Å². The maximum absolute atomic E-state index is 11.9. The Kier molecular flexibility index (Phi) is 3.91. The van der Waals surface area contributed by atoms with E-state index >= 15 is 0 Å². The van der Waals surface area contributed by atoms with Gasteiger partial charge < -0.3 is 5.32 Å². The second kappa shape index (κ2) is 5.42. The molecule has 0 bridgehead atoms. The Balaban J connectivity index is 2.20. The summed E-state index contributed by atoms with van der Waals surface area (Å²) in [5, 5.41) is 2.81. The van der Waals surface area contributed by atoms with E-state index in [0.717, 1.165) is 14.6 Å². The van der Waals surface area contributed by atoms with Crippen molar-refractivity contribution in [3.63, 3.8) is 0 Å². The van der Waals surface area contributed by atoms with E-state index in [1.54, 1.807) is 12.3 Å². The van der Waals surface area contributed by atoms with Crippen LogP contribution in [-0.4, -0.2) is 10.9 Å². The standard InChI is InChI=1S/C12H8Br2N2O/c13-9-5-8(6-15-7-9)12(17)16-11-4-2-1-3-10(11)14/h1-7H,(H,16,17). The lowest BCUT2D eigenvalue weighted by Gasteiger charge is -2.06. The molecule has 0 fully saturated rings. The molecule has 86 valence electrons. The Bertz CT molecular complexity index is 558. The third-order valence-corrected chi connectivity index (χ3v) is 3.21. The monoisotopic (exact) mass is 354 g/mol. The average Bonchev–Trinajstić information content (AvgIpc) is 2.32. The van der Waals surface area contributed by atoms with Crippen LogP contribution in [0.1, 0.15) is 10.4 Å². The van der Waals surface area contributed by atoms with Crippen LogP contribution < -0.4 is 5.32 Å². The molecule has 0 aliphatic rings. The summed E-state index contributed by atoms with van der Waals surface area (Å²) in [7, 11) is 0. The van der Waals surface area contributed by atoms with Gasteiger partial charge in [-0.15, -0.1) is 0 Å². The van der Waals surface area contributed by atoms with Crippen molar-refractivity contribution in [3.8, 4) is 0 Å². The minimum atomic E-state index is -0.189. The first-order chi connectivity index (χ1) is 8.16. The first-order valence-corrected chi connectivity index (χ1v) is 6.42. The molecule has 0 aliphatic heterocycles. The van der Waals surface area contributed by atoms with Gasteiger partial charge in [-0.1, -0.05) is 12.1 Å². The summed E-state index contributed by atoms with van der Waals surface area (Å²) in [6, 6.07) is 9.17. The number of rotatable bonds is 2. The number of carbonyl (C=O) groups is 1. The number of hydrogen-bond donors (Lipinski definition) is 1. The van der Waals surface area contributed by atoms with E-state index < -0.39 is 0 Å². The van der Waals surface area contributed by atoms with Crippen LogP contribution >= 0.6 is 31.9 Å². The van der Waals surface area contributed by atoms with Gasteiger partial charge >= 0.3 is 0 Å². The number of halogens is 2. The van der Waals surface area contributed by atoms with Crippen LogP contribution in [0, 0.1) is 0 Å². The van der Waals surface area contributed by atoms with Gasteiger partial charge in [0.1, 0.15) is 0 Å². The summed E-state index contributed by atoms with van der Waals surface area (Å²) in [6.07, 6.45) is 3.16. The van der Waals surface area contributed by atoms with Gasteiger partial charge in [-0.3, -0.25) is 9.78 Å². The maximum Gasteiger partial charge on any atom is 0.257 e. The van der Waals surface area contributed by atoms with Crippen LogP contribution in [0.3, 0.4) is 0 Å². The molecule has 1 N–H and O–H groups in total. The molecule has 1 aromatic heterocycles. The zero-order valence-corrected chi connectivity index (χ0v) is 11.8. The van der Waals surface area contributed by atoms with E-state index in [1.165, 1.54) is 6.20 Å². The van der Waals surface area contributed by atoms with E-state index in [0.29, 0.717) is 5.56 Å². The van der Waals surface area contributed by atoms with Gasteiger partial charge in [0.05, 0.1) is 11.3 Å². The van der Waals surface area contributed by atoms with Gasteiger partial charge in [0.2, 0.25) is 0 Å². The molecule has 2 aromatic rings. The predicted molar refractivity (Wildman–Crippen MR) is 74.0 cm³/mol. The highest BCUT2D eigenvalue weighted by molar-refractivity contribution is 9.10. The van der Waals surface area contributed by atoms with Gasteiger partial charge in [0, 0.05) is 21.3 Å². The highest BCUT2D eigenvalue weighted by Crippen LogP contribution is 2.22. The number of carbonyl (C=O) groups excluding carboxylic acids is 1. The van der Waals surface area contributed by atoms with E-state index in [1.807, 2.05) is 24.3 Å². The predicted octanol–water partition coefficient (Wildman–Crippen LogP) is 3.86. The lowest BCUT2D eigenvalue weighted by Crippen LogP contribution is -2.12. The van der Waals surface area contributed by atoms with Crippen LogP contribution in [0.15, 0.2) is 51.7 Å². The molecule has 17 heavy (non-hydrogen) atoms. The lowest BCUT2D eigenvalue weighted by molar-refractivity contribution is 0.102. The van der Waals surface area contributed by atoms with Crippen molar-refractivity contribution in [1.29, 1.82) is 0 Å². The Morgan fingerprint density at radius 1 is 1.18 bits per heavy atom. The topological polar surface area (TPSA) is 42.0 Å². The first-order valence-electron chi connectivity index (χ1n) is 4.83. The Hall–Kier alpha value is -1.20. The van der Waals surface area contributed by atoms with Crippen molar-refractivity contribution in [1.82, 2.24) is 4.98 Å². The van der Waals surface area contributed by atoms with Crippen LogP contribution in [0.4, 0.5) is 5.69 Å². The number of pyridine rings is 1. The van der Waals surface area contributed by atoms with Crippen molar-refractivity contribution >= 4 is 43.5 Å². The zero-order chi connectivity index (χ0) is 12.3. The fraction of sp³-hybridized carbons (Fsp3) is 0. The second-order valence-corrected chi connectivity index (χ2v) is 5.10. The number of para-hydroxylation sites is 1. The SMILES string of the molecule is O=C(Nc1ccccc1Br)c1cncc(Br)c1. The molecule has 0 radical (unpaired) electrons. The van der Waals surface area contributed by atoms with Crippen molar-refractivity contribution in [3.05, 3.63) is 57.2 Å². The van der Waals surface area contributed by atoms with Crippen LogP contribution in [0.2, 0.25) is 0 Å². The summed E-state index contributed by atoms with van der Waals surface area (Å²) < 4.78 is 1.62. The molecule has 1 heterocycles. The molecule has 1 amide bonds. The smallest absolute Gasteiger partial charge is 0.257 e. The number of nitrogens with one attached hydrogen (secondary N) is 1. The molecule has 2 rings (SSSR count). The van der Waals surface area contributed by atoms with Gasteiger partial charge in [-0.25, -0.2) is 0 Å². The van der Waals surface area contributed by atoms with Gasteiger partial charge in [0.15, 0.2) is 0 Å². The minimum absolute atomic E-state index is 0.189. The van der Waals surface area contributed by atoms with Crippen LogP contribution in [0.25, 0.3) is 0 Å². The summed E-state index contributed by atoms with van der Waals surface area (Å²) in [4.78, 5) is 15.9. The first kappa shape index (κ1) is 12.3. The van der Waals surface area contributed by atoms with E-state index in [2.05, 4.69) is 42.2 Å². The van der Waals surface area contributed by atoms with Gasteiger partial charge in [-0.05, 0) is 50.1 Å². The lowest BCUT2D eigenvalue weighted by atomic mass is 10.2. The molecule has 0 aliphatic carbocycles. The summed E-state index contributed by atoms with van der Waals surface area (Å²) in [5.41, 5.74) is 1.24. The molecule has 0 saturated heterocycles. The van der Waals surface area contributed by atoms with Crippen LogP contribution in [-0.2, 0) is 0 Å². The number of benzene rings is 1. The third kappa shape index (κ3) is 3.14. The molecule has 3 nitrogen and oxygen atoms in total. The molecule has 0 unspecified atom stereocenters. The molecule has 1 aromatic carbocycles. The second-order valence-electron chi connectivity index (χ2n) is 3.33. The van der Waals surface area contributed by atoms with E-state index in [9.17, 15) is 4.79 Å². The van der Waals surface area contributed by atoms with Crippen molar-refractivity contribution < 1.29 is 4.79 Å². The van der Waals surface area contributed by atoms with Crippen molar-refractivity contribution in [2.75, 3.05) is 5.32 Å². The molecule has 0 spiro atoms. The highest BCUT2D eigenvalue weighted by Gasteiger charge is 2.08. The van der Waals surface area contributed by atoms with Crippen molar-refractivity contribution in [2.45, 2.75) is 0 Å². The van der Waals surface area contributed by atoms with Gasteiger partial charge in [-0.2, -0.15) is 0 Å². The van der Waals surface area contributed by atoms with Gasteiger partial charge in [0.25, 0.3) is 5.91 Å². The Labute approximate surface area is 116 Å². The molecule has 5 heteroatoms. The minimum Gasteiger partial charge on any atom is -0.321 e. The number of amides is 1. The number of aromatic nitrogens is 1. The molecule has 0 atom stereocenters. The van der Waals surface area contributed by atoms with E-state index in [4.69, 9.17) is 0 Å². The molecule has 0 saturated carbocycles. The number of anilines is 1. The maximum atomic E-state index is 11.9. The summed E-state index contributed by atoms with van der Waals surface area (Å²) >= 11 is 6.65. The average molecular weight is 356 g/mol. The number of hydrogen-bond acceptors (Lipinski definition) is 2. The normalized spacial score (nSPS) is 10.0. The highest BCUT2D eigenvalue weighted by atomic mass is 79.9. The Morgan fingerprint density at radius 3 is 2.65 bits per heavy atom. The van der Waals surface area contributed by atoms with Crippen molar-refractivity contribution in [2.24, 2.45) is 0 Å². The quantitative estimate of drug-likeness (QED) is 0.888. The zero-order valence-electron chi connectivity index (χ0n) is 8.65. The summed E-state index contributed by atoms with van der Waals surface area (Å²) in [6.45, 7) is 0. The summed E-state index contributed by atoms with van der Waals surface area (Å²) in [5.74, 6) is -0.189. The Morgan fingerprint density at radius 2 is 1.94 bits per heavy atom. The third-order valence-electron chi connectivity index (χ3n) is 2.09. The largest absolute Gasteiger partial charge is 0.321 e. The molecular formula is C12H8Br2N2O.